The monoisotopic (exact) mass is 389 g/mol. The molecule has 0 aliphatic heterocycles. The van der Waals surface area contributed by atoms with Crippen molar-refractivity contribution in [1.29, 1.82) is 0 Å². The Kier molecular flexibility index (Phi) is 6.18. The van der Waals surface area contributed by atoms with Crippen LogP contribution >= 0.6 is 35.1 Å². The first-order chi connectivity index (χ1) is 12.1. The van der Waals surface area contributed by atoms with Gasteiger partial charge in [0.25, 0.3) is 0 Å². The molecule has 0 unspecified atom stereocenters. The van der Waals surface area contributed by atoms with Crippen LogP contribution in [0.5, 0.6) is 0 Å². The van der Waals surface area contributed by atoms with Crippen LogP contribution in [0, 0.1) is 0 Å². The van der Waals surface area contributed by atoms with Crippen molar-refractivity contribution < 1.29 is 4.79 Å². The Hall–Kier alpha value is -1.76. The molecule has 1 heterocycles. The molecule has 0 bridgehead atoms. The summed E-state index contributed by atoms with van der Waals surface area (Å²) in [7, 11) is 0. The third kappa shape index (κ3) is 4.87. The average molecular weight is 390 g/mol. The standard InChI is InChI=1S/C18H16ClN3OS2/c1-13(23)24-11-12-25-18-20-17(14-7-9-15(19)10-8-14)22(21-18)16-5-3-2-4-6-16/h2-10H,11-12H2,1H3. The van der Waals surface area contributed by atoms with Gasteiger partial charge in [0.05, 0.1) is 5.69 Å². The van der Waals surface area contributed by atoms with E-state index in [1.165, 1.54) is 11.8 Å². The number of benzene rings is 2. The van der Waals surface area contributed by atoms with Gasteiger partial charge in [-0.25, -0.2) is 9.67 Å². The maximum atomic E-state index is 11.0. The number of para-hydroxylation sites is 1. The van der Waals surface area contributed by atoms with Crippen LogP contribution in [0.1, 0.15) is 6.92 Å². The van der Waals surface area contributed by atoms with E-state index in [1.54, 1.807) is 18.7 Å². The molecule has 25 heavy (non-hydrogen) atoms. The van der Waals surface area contributed by atoms with Gasteiger partial charge in [-0.3, -0.25) is 4.79 Å². The zero-order chi connectivity index (χ0) is 17.6. The SMILES string of the molecule is CC(=O)SCCSc1nc(-c2ccc(Cl)cc2)n(-c2ccccc2)n1. The van der Waals surface area contributed by atoms with Gasteiger partial charge in [-0.15, -0.1) is 5.10 Å². The molecule has 4 nitrogen and oxygen atoms in total. The Balaban J connectivity index is 1.89. The fourth-order valence-corrected chi connectivity index (χ4v) is 3.76. The minimum absolute atomic E-state index is 0.130. The van der Waals surface area contributed by atoms with E-state index in [2.05, 4.69) is 10.1 Å². The van der Waals surface area contributed by atoms with Gasteiger partial charge in [-0.1, -0.05) is 53.3 Å². The highest BCUT2D eigenvalue weighted by Crippen LogP contribution is 2.26. The first-order valence-corrected chi connectivity index (χ1v) is 10.0. The molecule has 0 saturated heterocycles. The van der Waals surface area contributed by atoms with E-state index >= 15 is 0 Å². The number of carbonyl (C=O) groups is 1. The minimum Gasteiger partial charge on any atom is -0.288 e. The second-order valence-electron chi connectivity index (χ2n) is 5.16. The van der Waals surface area contributed by atoms with Crippen LogP contribution in [0.4, 0.5) is 0 Å². The van der Waals surface area contributed by atoms with Crippen LogP contribution in [0.2, 0.25) is 5.02 Å². The third-order valence-corrected chi connectivity index (χ3v) is 5.48. The van der Waals surface area contributed by atoms with Crippen molar-refractivity contribution in [3.8, 4) is 17.1 Å². The number of hydrogen-bond donors (Lipinski definition) is 0. The number of aromatic nitrogens is 3. The normalized spacial score (nSPS) is 10.8. The molecule has 0 aliphatic carbocycles. The molecule has 3 rings (SSSR count). The number of rotatable bonds is 6. The zero-order valence-electron chi connectivity index (χ0n) is 13.6. The molecular formula is C18H16ClN3OS2. The number of halogens is 1. The highest BCUT2D eigenvalue weighted by atomic mass is 35.5. The molecule has 3 aromatic rings. The molecule has 0 atom stereocenters. The quantitative estimate of drug-likeness (QED) is 0.440. The van der Waals surface area contributed by atoms with E-state index in [4.69, 9.17) is 11.6 Å². The Morgan fingerprint density at radius 3 is 2.48 bits per heavy atom. The fraction of sp³-hybridized carbons (Fsp3) is 0.167. The minimum atomic E-state index is 0.130. The molecule has 0 fully saturated rings. The Morgan fingerprint density at radius 1 is 1.08 bits per heavy atom. The summed E-state index contributed by atoms with van der Waals surface area (Å²) in [6.07, 6.45) is 0. The van der Waals surface area contributed by atoms with Gasteiger partial charge in [0.15, 0.2) is 10.9 Å². The van der Waals surface area contributed by atoms with Crippen molar-refractivity contribution in [3.05, 3.63) is 59.6 Å². The summed E-state index contributed by atoms with van der Waals surface area (Å²) >= 11 is 8.86. The smallest absolute Gasteiger partial charge is 0.209 e. The number of carbonyl (C=O) groups excluding carboxylic acids is 1. The lowest BCUT2D eigenvalue weighted by Crippen LogP contribution is -1.99. The highest BCUT2D eigenvalue weighted by molar-refractivity contribution is 8.14. The summed E-state index contributed by atoms with van der Waals surface area (Å²) in [6.45, 7) is 1.58. The van der Waals surface area contributed by atoms with Gasteiger partial charge < -0.3 is 0 Å². The second kappa shape index (κ2) is 8.56. The van der Waals surface area contributed by atoms with Crippen molar-refractivity contribution in [3.63, 3.8) is 0 Å². The Morgan fingerprint density at radius 2 is 1.80 bits per heavy atom. The fourth-order valence-electron chi connectivity index (χ4n) is 2.21. The average Bonchev–Trinajstić information content (AvgIpc) is 3.04. The highest BCUT2D eigenvalue weighted by Gasteiger charge is 2.14. The predicted molar refractivity (Wildman–Crippen MR) is 106 cm³/mol. The van der Waals surface area contributed by atoms with Gasteiger partial charge in [0.2, 0.25) is 5.16 Å². The van der Waals surface area contributed by atoms with Gasteiger partial charge in [0, 0.05) is 29.0 Å². The summed E-state index contributed by atoms with van der Waals surface area (Å²) in [5.74, 6) is 2.30. The summed E-state index contributed by atoms with van der Waals surface area (Å²) in [6, 6.07) is 17.5. The summed E-state index contributed by atoms with van der Waals surface area (Å²) in [4.78, 5) is 15.7. The molecule has 128 valence electrons. The van der Waals surface area contributed by atoms with Crippen LogP contribution < -0.4 is 0 Å². The van der Waals surface area contributed by atoms with Crippen molar-refractivity contribution >= 4 is 40.2 Å². The van der Waals surface area contributed by atoms with E-state index in [1.807, 2.05) is 59.3 Å². The van der Waals surface area contributed by atoms with E-state index in [9.17, 15) is 4.79 Å². The zero-order valence-corrected chi connectivity index (χ0v) is 15.9. The maximum absolute atomic E-state index is 11.0. The third-order valence-electron chi connectivity index (χ3n) is 3.31. The van der Waals surface area contributed by atoms with Gasteiger partial charge in [0.1, 0.15) is 0 Å². The van der Waals surface area contributed by atoms with E-state index in [0.29, 0.717) is 10.2 Å². The van der Waals surface area contributed by atoms with Crippen LogP contribution in [0.3, 0.4) is 0 Å². The maximum Gasteiger partial charge on any atom is 0.209 e. The lowest BCUT2D eigenvalue weighted by molar-refractivity contribution is -0.109. The molecule has 1 aromatic heterocycles. The molecular weight excluding hydrogens is 374 g/mol. The van der Waals surface area contributed by atoms with E-state index < -0.39 is 0 Å². The summed E-state index contributed by atoms with van der Waals surface area (Å²) in [5, 5.41) is 6.15. The second-order valence-corrected chi connectivity index (χ2v) is 7.93. The van der Waals surface area contributed by atoms with Crippen LogP contribution in [0.25, 0.3) is 17.1 Å². The van der Waals surface area contributed by atoms with Crippen molar-refractivity contribution in [2.75, 3.05) is 11.5 Å². The molecule has 0 amide bonds. The first kappa shape index (κ1) is 18.0. The largest absolute Gasteiger partial charge is 0.288 e. The predicted octanol–water partition coefficient (Wildman–Crippen LogP) is 4.96. The molecule has 0 spiro atoms. The van der Waals surface area contributed by atoms with E-state index in [-0.39, 0.29) is 5.12 Å². The number of thioether (sulfide) groups is 2. The van der Waals surface area contributed by atoms with Gasteiger partial charge in [-0.2, -0.15) is 0 Å². The molecule has 7 heteroatoms. The van der Waals surface area contributed by atoms with Crippen molar-refractivity contribution in [2.24, 2.45) is 0 Å². The summed E-state index contributed by atoms with van der Waals surface area (Å²) < 4.78 is 1.84. The summed E-state index contributed by atoms with van der Waals surface area (Å²) in [5.41, 5.74) is 1.90. The van der Waals surface area contributed by atoms with Gasteiger partial charge in [-0.05, 0) is 36.4 Å². The van der Waals surface area contributed by atoms with Crippen LogP contribution in [0.15, 0.2) is 59.8 Å². The van der Waals surface area contributed by atoms with Crippen molar-refractivity contribution in [2.45, 2.75) is 12.1 Å². The molecule has 0 radical (unpaired) electrons. The molecule has 0 N–H and O–H groups in total. The lowest BCUT2D eigenvalue weighted by atomic mass is 10.2. The van der Waals surface area contributed by atoms with Crippen LogP contribution in [-0.4, -0.2) is 31.4 Å². The van der Waals surface area contributed by atoms with Gasteiger partial charge >= 0.3 is 0 Å². The number of nitrogens with zero attached hydrogens (tertiary/aromatic N) is 3. The molecule has 0 saturated carbocycles. The Bertz CT molecular complexity index is 851. The lowest BCUT2D eigenvalue weighted by Gasteiger charge is -2.05. The number of hydrogen-bond acceptors (Lipinski definition) is 5. The van der Waals surface area contributed by atoms with E-state index in [0.717, 1.165) is 28.6 Å². The first-order valence-electron chi connectivity index (χ1n) is 7.68. The van der Waals surface area contributed by atoms with Crippen molar-refractivity contribution in [1.82, 2.24) is 14.8 Å². The molecule has 2 aromatic carbocycles. The Labute approximate surface area is 160 Å². The van der Waals surface area contributed by atoms with Crippen LogP contribution in [-0.2, 0) is 4.79 Å². The topological polar surface area (TPSA) is 47.8 Å². The molecule has 0 aliphatic rings.